The molecule has 0 aliphatic heterocycles. The maximum atomic E-state index is 11.8. The van der Waals surface area contributed by atoms with Crippen molar-refractivity contribution in [2.45, 2.75) is 65.1 Å². The summed E-state index contributed by atoms with van der Waals surface area (Å²) in [6.07, 6.45) is 1.85. The zero-order chi connectivity index (χ0) is 18.8. The van der Waals surface area contributed by atoms with Gasteiger partial charge in [-0.25, -0.2) is 4.79 Å². The van der Waals surface area contributed by atoms with E-state index in [-0.39, 0.29) is 0 Å². The number of amides is 1. The van der Waals surface area contributed by atoms with Crippen LogP contribution >= 0.6 is 0 Å². The van der Waals surface area contributed by atoms with Crippen LogP contribution in [0.3, 0.4) is 0 Å². The average molecular weight is 361 g/mol. The van der Waals surface area contributed by atoms with Crippen LogP contribution in [0.4, 0.5) is 10.5 Å². The average Bonchev–Trinajstić information content (AvgIpc) is 2.90. The van der Waals surface area contributed by atoms with E-state index < -0.39 is 14.3 Å². The summed E-state index contributed by atoms with van der Waals surface area (Å²) in [6, 6.07) is 8.29. The molecule has 0 atom stereocenters. The molecule has 1 amide bonds. The lowest BCUT2D eigenvalue weighted by Crippen LogP contribution is -2.51. The number of anilines is 1. The molecule has 2 aromatic rings. The monoisotopic (exact) mass is 360 g/mol. The molecule has 0 unspecified atom stereocenters. The zero-order valence-corrected chi connectivity index (χ0v) is 17.6. The highest BCUT2D eigenvalue weighted by Crippen LogP contribution is 2.44. The number of hydrogen-bond acceptors (Lipinski definition) is 2. The number of benzene rings is 1. The van der Waals surface area contributed by atoms with Crippen molar-refractivity contribution in [1.29, 1.82) is 0 Å². The Balaban J connectivity index is 2.58. The third kappa shape index (κ3) is 3.47. The van der Waals surface area contributed by atoms with E-state index in [9.17, 15) is 4.79 Å². The summed E-state index contributed by atoms with van der Waals surface area (Å²) >= 11 is 0. The van der Waals surface area contributed by atoms with E-state index in [4.69, 9.17) is 4.74 Å². The number of ether oxygens (including phenoxy) is 1. The molecular weight excluding hydrogens is 328 g/mol. The molecule has 0 aliphatic rings. The third-order valence-corrected chi connectivity index (χ3v) is 12.2. The molecule has 0 radical (unpaired) electrons. The molecule has 0 saturated carbocycles. The Bertz CT molecular complexity index is 713. The van der Waals surface area contributed by atoms with E-state index in [1.807, 2.05) is 13.0 Å². The van der Waals surface area contributed by atoms with Crippen molar-refractivity contribution in [3.05, 3.63) is 30.5 Å². The molecule has 0 aliphatic carbocycles. The zero-order valence-electron chi connectivity index (χ0n) is 16.6. The number of carbonyl (C=O) groups is 1. The Hall–Kier alpha value is -1.75. The van der Waals surface area contributed by atoms with Crippen molar-refractivity contribution in [3.63, 3.8) is 0 Å². The fraction of sp³-hybridized carbons (Fsp3) is 0.550. The van der Waals surface area contributed by atoms with Gasteiger partial charge in [0.1, 0.15) is 0 Å². The SMILES string of the molecule is CCOC(=O)Nc1ccc2ccn([Si](C(C)C)(C(C)C)C(C)C)c2c1. The molecule has 2 rings (SSSR count). The molecule has 5 heteroatoms. The first-order chi connectivity index (χ1) is 11.7. The van der Waals surface area contributed by atoms with Crippen molar-refractivity contribution < 1.29 is 9.53 Å². The highest BCUT2D eigenvalue weighted by atomic mass is 28.3. The second-order valence-electron chi connectivity index (χ2n) is 7.66. The van der Waals surface area contributed by atoms with Gasteiger partial charge in [0.05, 0.1) is 6.61 Å². The second kappa shape index (κ2) is 7.64. The molecule has 1 aromatic heterocycles. The van der Waals surface area contributed by atoms with Gasteiger partial charge in [-0.2, -0.15) is 0 Å². The fourth-order valence-electron chi connectivity index (χ4n) is 4.66. The van der Waals surface area contributed by atoms with E-state index in [0.29, 0.717) is 23.2 Å². The second-order valence-corrected chi connectivity index (χ2v) is 13.4. The van der Waals surface area contributed by atoms with Crippen molar-refractivity contribution in [2.24, 2.45) is 0 Å². The van der Waals surface area contributed by atoms with Crippen LogP contribution in [-0.2, 0) is 4.74 Å². The van der Waals surface area contributed by atoms with Crippen molar-refractivity contribution in [3.8, 4) is 0 Å². The lowest BCUT2D eigenvalue weighted by Gasteiger charge is -2.44. The van der Waals surface area contributed by atoms with Crippen molar-refractivity contribution in [1.82, 2.24) is 4.23 Å². The molecule has 1 heterocycles. The number of fused-ring (bicyclic) bond motifs is 1. The molecule has 138 valence electrons. The summed E-state index contributed by atoms with van der Waals surface area (Å²) in [6.45, 7) is 16.3. The molecule has 25 heavy (non-hydrogen) atoms. The minimum absolute atomic E-state index is 0.370. The highest BCUT2D eigenvalue weighted by molar-refractivity contribution is 6.82. The van der Waals surface area contributed by atoms with E-state index in [0.717, 1.165) is 5.69 Å². The normalized spacial score (nSPS) is 12.4. The number of nitrogens with zero attached hydrogens (tertiary/aromatic N) is 1. The van der Waals surface area contributed by atoms with Gasteiger partial charge in [0.15, 0.2) is 8.24 Å². The summed E-state index contributed by atoms with van der Waals surface area (Å²) in [5, 5.41) is 4.05. The Morgan fingerprint density at radius 3 is 2.20 bits per heavy atom. The maximum absolute atomic E-state index is 11.8. The number of nitrogens with one attached hydrogen (secondary N) is 1. The van der Waals surface area contributed by atoms with Gasteiger partial charge in [-0.05, 0) is 53.3 Å². The topological polar surface area (TPSA) is 43.3 Å². The summed E-state index contributed by atoms with van der Waals surface area (Å²) < 4.78 is 7.56. The van der Waals surface area contributed by atoms with Crippen LogP contribution in [0.25, 0.3) is 10.9 Å². The van der Waals surface area contributed by atoms with Crippen LogP contribution in [0.15, 0.2) is 30.5 Å². The minimum atomic E-state index is -1.82. The van der Waals surface area contributed by atoms with Gasteiger partial charge < -0.3 is 8.97 Å². The maximum Gasteiger partial charge on any atom is 0.411 e. The molecule has 0 fully saturated rings. The van der Waals surface area contributed by atoms with Gasteiger partial charge in [-0.1, -0.05) is 47.6 Å². The third-order valence-electron chi connectivity index (χ3n) is 5.41. The van der Waals surface area contributed by atoms with Crippen LogP contribution in [0, 0.1) is 0 Å². The molecular formula is C20H32N2O2Si. The number of aromatic nitrogens is 1. The lowest BCUT2D eigenvalue weighted by atomic mass is 10.2. The first-order valence-electron chi connectivity index (χ1n) is 9.30. The summed E-state index contributed by atoms with van der Waals surface area (Å²) in [4.78, 5) is 11.8. The predicted octanol–water partition coefficient (Wildman–Crippen LogP) is 6.23. The van der Waals surface area contributed by atoms with Crippen molar-refractivity contribution in [2.75, 3.05) is 11.9 Å². The van der Waals surface area contributed by atoms with Gasteiger partial charge in [0.25, 0.3) is 0 Å². The quantitative estimate of drug-likeness (QED) is 0.620. The van der Waals surface area contributed by atoms with E-state index in [1.54, 1.807) is 0 Å². The fourth-order valence-corrected chi connectivity index (χ4v) is 11.3. The van der Waals surface area contributed by atoms with Crippen LogP contribution in [0.2, 0.25) is 16.6 Å². The van der Waals surface area contributed by atoms with Gasteiger partial charge in [0.2, 0.25) is 0 Å². The summed E-state index contributed by atoms with van der Waals surface area (Å²) in [5.74, 6) is 0. The molecule has 0 bridgehead atoms. The Labute approximate surface area is 152 Å². The smallest absolute Gasteiger partial charge is 0.411 e. The first kappa shape index (κ1) is 19.6. The van der Waals surface area contributed by atoms with E-state index >= 15 is 0 Å². The largest absolute Gasteiger partial charge is 0.450 e. The van der Waals surface area contributed by atoms with Crippen LogP contribution < -0.4 is 5.32 Å². The number of carbonyl (C=O) groups excluding carboxylic acids is 1. The lowest BCUT2D eigenvalue weighted by molar-refractivity contribution is 0.168. The van der Waals surface area contributed by atoms with Crippen LogP contribution in [0.5, 0.6) is 0 Å². The van der Waals surface area contributed by atoms with Crippen LogP contribution in [-0.4, -0.2) is 25.2 Å². The molecule has 1 aromatic carbocycles. The van der Waals surface area contributed by atoms with Gasteiger partial charge >= 0.3 is 6.09 Å². The number of rotatable bonds is 6. The van der Waals surface area contributed by atoms with Gasteiger partial charge in [-0.3, -0.25) is 5.32 Å². The molecule has 4 nitrogen and oxygen atoms in total. The summed E-state index contributed by atoms with van der Waals surface area (Å²) in [5.41, 5.74) is 3.83. The standard InChI is InChI=1S/C20H32N2O2Si/c1-8-24-20(23)21-18-10-9-17-11-12-22(19(17)13-18)25(14(2)3,15(4)5)16(6)7/h9-16H,8H2,1-7H3,(H,21,23). The first-order valence-corrected chi connectivity index (χ1v) is 11.5. The molecule has 0 saturated heterocycles. The summed E-state index contributed by atoms with van der Waals surface area (Å²) in [7, 11) is -1.82. The Morgan fingerprint density at radius 1 is 1.08 bits per heavy atom. The van der Waals surface area contributed by atoms with Crippen LogP contribution in [0.1, 0.15) is 48.5 Å². The van der Waals surface area contributed by atoms with E-state index in [1.165, 1.54) is 10.9 Å². The number of hydrogen-bond donors (Lipinski definition) is 1. The molecule has 0 spiro atoms. The van der Waals surface area contributed by atoms with Gasteiger partial charge in [0, 0.05) is 11.2 Å². The van der Waals surface area contributed by atoms with Crippen molar-refractivity contribution >= 4 is 30.9 Å². The van der Waals surface area contributed by atoms with Gasteiger partial charge in [-0.15, -0.1) is 0 Å². The molecule has 1 N–H and O–H groups in total. The predicted molar refractivity (Wildman–Crippen MR) is 109 cm³/mol. The Morgan fingerprint density at radius 2 is 1.68 bits per heavy atom. The Kier molecular flexibility index (Phi) is 5.98. The minimum Gasteiger partial charge on any atom is -0.450 e. The highest BCUT2D eigenvalue weighted by Gasteiger charge is 2.45. The van der Waals surface area contributed by atoms with E-state index in [2.05, 4.69) is 75.5 Å².